The highest BCUT2D eigenvalue weighted by molar-refractivity contribution is 14.1. The topological polar surface area (TPSA) is 129 Å². The van der Waals surface area contributed by atoms with Gasteiger partial charge in [-0.05, 0) is 65.3 Å². The van der Waals surface area contributed by atoms with Gasteiger partial charge in [-0.15, -0.1) is 0 Å². The Labute approximate surface area is 293 Å². The van der Waals surface area contributed by atoms with Crippen molar-refractivity contribution >= 4 is 34.4 Å². The first kappa shape index (κ1) is 38.8. The summed E-state index contributed by atoms with van der Waals surface area (Å²) in [6, 6.07) is 10.7. The van der Waals surface area contributed by atoms with Crippen molar-refractivity contribution < 1.29 is 34.4 Å². The van der Waals surface area contributed by atoms with E-state index in [-0.39, 0.29) is 44.5 Å². The van der Waals surface area contributed by atoms with Crippen molar-refractivity contribution in [2.45, 2.75) is 116 Å². The average molecular weight is 765 g/mol. The number of amides is 2. The average Bonchev–Trinajstić information content (AvgIpc) is 3.07. The summed E-state index contributed by atoms with van der Waals surface area (Å²) in [6.07, 6.45) is 10.2. The van der Waals surface area contributed by atoms with E-state index in [2.05, 4.69) is 34.8 Å². The third-order valence-corrected chi connectivity index (χ3v) is 9.43. The molecule has 0 aromatic heterocycles. The van der Waals surface area contributed by atoms with Crippen LogP contribution in [-0.4, -0.2) is 70.5 Å². The van der Waals surface area contributed by atoms with Crippen LogP contribution in [0.1, 0.15) is 94.2 Å². The van der Waals surface area contributed by atoms with Gasteiger partial charge in [0.25, 0.3) is 0 Å². The number of carbonyl (C=O) groups excluding carboxylic acids is 2. The molecule has 9 nitrogen and oxygen atoms in total. The number of nitrogens with one attached hydrogen (secondary N) is 1. The maximum atomic E-state index is 14.0. The van der Waals surface area contributed by atoms with Crippen LogP contribution < -0.4 is 14.8 Å². The van der Waals surface area contributed by atoms with Gasteiger partial charge in [-0.2, -0.15) is 0 Å². The van der Waals surface area contributed by atoms with E-state index in [1.54, 1.807) is 23.1 Å². The SMILES string of the molecule is CCCCCCCCCCCC(=O)N(Cc1ccc(C)cc1)C1CC(C(=O)NCCO)=CC(Oc2c(I)cc(CO)cc2OC)C1O. The number of aliphatic hydroxyl groups is 3. The second-order valence-corrected chi connectivity index (χ2v) is 13.5. The number of nitrogens with zero attached hydrogens (tertiary/aromatic N) is 1. The number of hydrogen-bond donors (Lipinski definition) is 4. The number of aliphatic hydroxyl groups excluding tert-OH is 3. The summed E-state index contributed by atoms with van der Waals surface area (Å²) in [5.74, 6) is 0.289. The minimum atomic E-state index is -1.15. The number of ether oxygens (including phenoxy) is 2. The summed E-state index contributed by atoms with van der Waals surface area (Å²) in [5, 5.41) is 33.6. The Morgan fingerprint density at radius 2 is 1.64 bits per heavy atom. The molecule has 1 aliphatic carbocycles. The van der Waals surface area contributed by atoms with Crippen molar-refractivity contribution in [1.29, 1.82) is 0 Å². The summed E-state index contributed by atoms with van der Waals surface area (Å²) in [4.78, 5) is 28.9. The highest BCUT2D eigenvalue weighted by Crippen LogP contribution is 2.37. The third-order valence-electron chi connectivity index (χ3n) is 8.63. The van der Waals surface area contributed by atoms with Crippen LogP contribution in [0.4, 0.5) is 0 Å². The van der Waals surface area contributed by atoms with Crippen LogP contribution in [-0.2, 0) is 22.7 Å². The fraction of sp³-hybridized carbons (Fsp3) is 0.568. The highest BCUT2D eigenvalue weighted by atomic mass is 127. The van der Waals surface area contributed by atoms with Gasteiger partial charge < -0.3 is 35.0 Å². The molecule has 0 saturated carbocycles. The molecule has 0 radical (unpaired) electrons. The molecule has 2 aromatic rings. The number of aryl methyl sites for hydroxylation is 1. The minimum Gasteiger partial charge on any atom is -0.493 e. The van der Waals surface area contributed by atoms with Crippen molar-refractivity contribution in [3.8, 4) is 11.5 Å². The van der Waals surface area contributed by atoms with Crippen LogP contribution >= 0.6 is 22.6 Å². The van der Waals surface area contributed by atoms with Crippen LogP contribution in [0.3, 0.4) is 0 Å². The Balaban J connectivity index is 1.87. The predicted molar refractivity (Wildman–Crippen MR) is 192 cm³/mol. The van der Waals surface area contributed by atoms with E-state index in [0.717, 1.165) is 30.4 Å². The number of carbonyl (C=O) groups is 2. The largest absolute Gasteiger partial charge is 0.493 e. The fourth-order valence-corrected chi connectivity index (χ4v) is 6.70. The molecule has 47 heavy (non-hydrogen) atoms. The Morgan fingerprint density at radius 1 is 0.979 bits per heavy atom. The van der Waals surface area contributed by atoms with Crippen molar-refractivity contribution in [2.75, 3.05) is 20.3 Å². The molecule has 0 spiro atoms. The maximum Gasteiger partial charge on any atom is 0.247 e. The Morgan fingerprint density at radius 3 is 2.26 bits per heavy atom. The summed E-state index contributed by atoms with van der Waals surface area (Å²) in [7, 11) is 1.50. The van der Waals surface area contributed by atoms with Gasteiger partial charge in [-0.1, -0.05) is 88.1 Å². The lowest BCUT2D eigenvalue weighted by Crippen LogP contribution is -2.54. The van der Waals surface area contributed by atoms with E-state index >= 15 is 0 Å². The first-order valence-electron chi connectivity index (χ1n) is 17.0. The molecule has 260 valence electrons. The number of unbranched alkanes of at least 4 members (excludes halogenated alkanes) is 8. The molecular weight excluding hydrogens is 711 g/mol. The van der Waals surface area contributed by atoms with Gasteiger partial charge in [-0.25, -0.2) is 0 Å². The second-order valence-electron chi connectivity index (χ2n) is 12.4. The standard InChI is InChI=1S/C37H53IN2O7/c1-4-5-6-7-8-9-10-11-12-13-34(43)40(24-27-16-14-26(2)15-17-27)31-22-29(37(45)39-18-19-41)23-32(35(31)44)47-36-30(38)20-28(25-42)21-33(36)46-3/h14-17,20-21,23,31-32,35,41-42,44H,4-13,18-19,22,24-25H2,1-3H3,(H,39,45). The molecule has 0 aliphatic heterocycles. The molecule has 4 N–H and O–H groups in total. The van der Waals surface area contributed by atoms with Gasteiger partial charge in [0.2, 0.25) is 11.8 Å². The van der Waals surface area contributed by atoms with Gasteiger partial charge in [0.05, 0.1) is 29.9 Å². The van der Waals surface area contributed by atoms with Crippen LogP contribution in [0.15, 0.2) is 48.0 Å². The Bertz CT molecular complexity index is 1300. The van der Waals surface area contributed by atoms with E-state index in [9.17, 15) is 24.9 Å². The van der Waals surface area contributed by atoms with Gasteiger partial charge in [-0.3, -0.25) is 9.59 Å². The Hall–Kier alpha value is -2.67. The van der Waals surface area contributed by atoms with E-state index in [4.69, 9.17) is 9.47 Å². The highest BCUT2D eigenvalue weighted by Gasteiger charge is 2.41. The first-order chi connectivity index (χ1) is 22.7. The van der Waals surface area contributed by atoms with Crippen LogP contribution in [0.25, 0.3) is 0 Å². The smallest absolute Gasteiger partial charge is 0.247 e. The summed E-state index contributed by atoms with van der Waals surface area (Å²) in [6.45, 7) is 4.20. The van der Waals surface area contributed by atoms with Crippen LogP contribution in [0.5, 0.6) is 11.5 Å². The van der Waals surface area contributed by atoms with Gasteiger partial charge in [0, 0.05) is 31.5 Å². The molecule has 3 rings (SSSR count). The lowest BCUT2D eigenvalue weighted by molar-refractivity contribution is -0.139. The normalized spacial score (nSPS) is 17.6. The molecular formula is C37H53IN2O7. The fourth-order valence-electron chi connectivity index (χ4n) is 5.91. The number of halogens is 1. The number of benzene rings is 2. The van der Waals surface area contributed by atoms with Crippen molar-refractivity contribution in [3.05, 3.63) is 68.3 Å². The number of hydrogen-bond acceptors (Lipinski definition) is 7. The van der Waals surface area contributed by atoms with Crippen LogP contribution in [0, 0.1) is 10.5 Å². The first-order valence-corrected chi connectivity index (χ1v) is 18.1. The Kier molecular flexibility index (Phi) is 17.0. The molecule has 10 heteroatoms. The van der Waals surface area contributed by atoms with Crippen molar-refractivity contribution in [3.63, 3.8) is 0 Å². The van der Waals surface area contributed by atoms with E-state index in [1.165, 1.54) is 45.6 Å². The molecule has 2 aromatic carbocycles. The lowest BCUT2D eigenvalue weighted by atomic mass is 9.87. The molecule has 1 aliphatic rings. The molecule has 3 atom stereocenters. The van der Waals surface area contributed by atoms with E-state index in [1.807, 2.05) is 31.2 Å². The monoisotopic (exact) mass is 764 g/mol. The molecule has 3 unspecified atom stereocenters. The van der Waals surface area contributed by atoms with E-state index in [0.29, 0.717) is 32.6 Å². The zero-order chi connectivity index (χ0) is 34.2. The molecule has 0 saturated heterocycles. The van der Waals surface area contributed by atoms with Crippen molar-refractivity contribution in [2.24, 2.45) is 0 Å². The zero-order valence-electron chi connectivity index (χ0n) is 28.2. The molecule has 0 fully saturated rings. The summed E-state index contributed by atoms with van der Waals surface area (Å²) < 4.78 is 12.6. The van der Waals surface area contributed by atoms with Gasteiger partial charge >= 0.3 is 0 Å². The maximum absolute atomic E-state index is 14.0. The third kappa shape index (κ3) is 12.1. The van der Waals surface area contributed by atoms with E-state index < -0.39 is 18.2 Å². The molecule has 0 bridgehead atoms. The van der Waals surface area contributed by atoms with Gasteiger partial charge in [0.15, 0.2) is 11.5 Å². The van der Waals surface area contributed by atoms with Gasteiger partial charge in [0.1, 0.15) is 12.2 Å². The molecule has 0 heterocycles. The zero-order valence-corrected chi connectivity index (χ0v) is 30.3. The number of methoxy groups -OCH3 is 1. The quantitative estimate of drug-likeness (QED) is 0.0968. The summed E-state index contributed by atoms with van der Waals surface area (Å²) in [5.41, 5.74) is 3.04. The lowest BCUT2D eigenvalue weighted by Gasteiger charge is -2.41. The second kappa shape index (κ2) is 20.6. The predicted octanol–water partition coefficient (Wildman–Crippen LogP) is 5.97. The van der Waals surface area contributed by atoms with Crippen molar-refractivity contribution in [1.82, 2.24) is 10.2 Å². The van der Waals surface area contributed by atoms with Crippen LogP contribution in [0.2, 0.25) is 0 Å². The molecule has 2 amide bonds. The summed E-state index contributed by atoms with van der Waals surface area (Å²) >= 11 is 2.09. The minimum absolute atomic E-state index is 0.0761. The number of rotatable bonds is 20.